The summed E-state index contributed by atoms with van der Waals surface area (Å²) in [7, 11) is 0. The van der Waals surface area contributed by atoms with Crippen LogP contribution in [0.4, 0.5) is 30.7 Å². The summed E-state index contributed by atoms with van der Waals surface area (Å²) in [6, 6.07) is 1.09. The highest BCUT2D eigenvalue weighted by Gasteiger charge is 2.42. The first-order valence-electron chi connectivity index (χ1n) is 9.16. The summed E-state index contributed by atoms with van der Waals surface area (Å²) in [5, 5.41) is 3.93. The number of halogens is 8. The average molecular weight is 515 g/mol. The summed E-state index contributed by atoms with van der Waals surface area (Å²) in [6.45, 7) is 2.54. The van der Waals surface area contributed by atoms with Crippen molar-refractivity contribution in [3.63, 3.8) is 0 Å². The normalized spacial score (nSPS) is 13.9. The van der Waals surface area contributed by atoms with Gasteiger partial charge in [-0.2, -0.15) is 26.3 Å². The molecule has 0 saturated heterocycles. The third-order valence-corrected chi connectivity index (χ3v) is 5.64. The fourth-order valence-electron chi connectivity index (χ4n) is 2.89. The topological polar surface area (TPSA) is 59.3 Å². The van der Waals surface area contributed by atoms with Crippen LogP contribution in [0, 0.1) is 11.7 Å². The number of alkyl halides is 6. The van der Waals surface area contributed by atoms with Crippen LogP contribution in [-0.2, 0) is 11.0 Å². The van der Waals surface area contributed by atoms with E-state index in [2.05, 4.69) is 10.1 Å². The average Bonchev–Trinajstić information content (AvgIpc) is 3.21. The van der Waals surface area contributed by atoms with Crippen molar-refractivity contribution in [3.8, 4) is 11.3 Å². The van der Waals surface area contributed by atoms with E-state index in [9.17, 15) is 35.5 Å². The molecule has 0 fully saturated rings. The van der Waals surface area contributed by atoms with Crippen LogP contribution < -0.4 is 5.32 Å². The van der Waals surface area contributed by atoms with Crippen molar-refractivity contribution in [1.82, 2.24) is 19.9 Å². The van der Waals surface area contributed by atoms with Crippen molar-refractivity contribution in [1.29, 1.82) is 0 Å². The summed E-state index contributed by atoms with van der Waals surface area (Å²) in [6.07, 6.45) is -7.78. The maximum absolute atomic E-state index is 13.4. The van der Waals surface area contributed by atoms with Crippen LogP contribution in [0.15, 0.2) is 24.3 Å². The van der Waals surface area contributed by atoms with E-state index in [-0.39, 0.29) is 38.3 Å². The molecule has 33 heavy (non-hydrogen) atoms. The highest BCUT2D eigenvalue weighted by molar-refractivity contribution is 7.16. The predicted octanol–water partition coefficient (Wildman–Crippen LogP) is 5.99. The highest BCUT2D eigenvalue weighted by atomic mass is 35.5. The van der Waals surface area contributed by atoms with Gasteiger partial charge in [0.2, 0.25) is 15.9 Å². The van der Waals surface area contributed by atoms with Crippen molar-refractivity contribution in [3.05, 3.63) is 45.8 Å². The third kappa shape index (κ3) is 5.46. The van der Waals surface area contributed by atoms with Crippen molar-refractivity contribution >= 4 is 39.9 Å². The molecular formula is C19H14ClF7N4OS. The minimum atomic E-state index is -4.77. The molecule has 0 saturated carbocycles. The largest absolute Gasteiger partial charge is 0.445 e. The second kappa shape index (κ2) is 8.93. The number of amides is 1. The number of carbonyl (C=O) groups excluding carboxylic acids is 1. The van der Waals surface area contributed by atoms with Gasteiger partial charge in [-0.1, -0.05) is 36.8 Å². The third-order valence-electron chi connectivity index (χ3n) is 4.38. The van der Waals surface area contributed by atoms with Gasteiger partial charge in [-0.25, -0.2) is 13.9 Å². The number of rotatable bonds is 5. The first-order chi connectivity index (χ1) is 15.2. The van der Waals surface area contributed by atoms with Crippen LogP contribution >= 0.6 is 22.9 Å². The number of benzene rings is 1. The van der Waals surface area contributed by atoms with Crippen LogP contribution in [0.1, 0.15) is 24.5 Å². The van der Waals surface area contributed by atoms with Crippen molar-refractivity contribution in [2.75, 3.05) is 0 Å². The molecule has 2 heterocycles. The Morgan fingerprint density at radius 2 is 1.88 bits per heavy atom. The smallest absolute Gasteiger partial charge is 0.341 e. The lowest BCUT2D eigenvalue weighted by Crippen LogP contribution is -2.48. The first-order valence-corrected chi connectivity index (χ1v) is 10.4. The standard InChI is InChI=1S/C19H14ClF7N4OS/c1-8(2)15(18(22,23)24)28-13(32)6-5-12-14(10-4-3-9(21)7-11(10)20)29-17-31(12)30-16(33-17)19(25,26)27/h3-8,15H,1-2H3,(H,28,32). The number of fused-ring (bicyclic) bond motifs is 1. The molecule has 14 heteroatoms. The van der Waals surface area contributed by atoms with E-state index in [1.54, 1.807) is 0 Å². The summed E-state index contributed by atoms with van der Waals surface area (Å²) in [5.74, 6) is -2.78. The molecule has 1 aromatic carbocycles. The van der Waals surface area contributed by atoms with Gasteiger partial charge in [0.25, 0.3) is 0 Å². The summed E-state index contributed by atoms with van der Waals surface area (Å²) >= 11 is 6.25. The monoisotopic (exact) mass is 514 g/mol. The lowest BCUT2D eigenvalue weighted by atomic mass is 10.0. The number of carbonyl (C=O) groups is 1. The molecular weight excluding hydrogens is 501 g/mol. The summed E-state index contributed by atoms with van der Waals surface area (Å²) in [5.41, 5.74) is -0.0685. The molecule has 3 aromatic rings. The van der Waals surface area contributed by atoms with E-state index >= 15 is 0 Å². The number of hydrogen-bond donors (Lipinski definition) is 1. The molecule has 1 unspecified atom stereocenters. The zero-order valence-corrected chi connectivity index (χ0v) is 18.3. The minimum Gasteiger partial charge on any atom is -0.341 e. The van der Waals surface area contributed by atoms with E-state index in [1.807, 2.05) is 5.32 Å². The van der Waals surface area contributed by atoms with E-state index in [4.69, 9.17) is 11.6 Å². The van der Waals surface area contributed by atoms with Gasteiger partial charge in [0.15, 0.2) is 0 Å². The SMILES string of the molecule is CC(C)C(NC(=O)C=Cc1c(-c2ccc(F)cc2Cl)nc2sc(C(F)(F)F)nn12)C(F)(F)F. The van der Waals surface area contributed by atoms with E-state index in [1.165, 1.54) is 19.9 Å². The second-order valence-corrected chi connectivity index (χ2v) is 8.54. The van der Waals surface area contributed by atoms with Crippen LogP contribution in [0.25, 0.3) is 22.3 Å². The number of hydrogen-bond acceptors (Lipinski definition) is 4. The molecule has 5 nitrogen and oxygen atoms in total. The number of imidazole rings is 1. The van der Waals surface area contributed by atoms with Crippen molar-refractivity contribution in [2.24, 2.45) is 5.92 Å². The Bertz CT molecular complexity index is 1210. The molecule has 0 radical (unpaired) electrons. The quantitative estimate of drug-likeness (QED) is 0.336. The number of nitrogens with one attached hydrogen (secondary N) is 1. The molecule has 0 spiro atoms. The molecule has 2 aromatic heterocycles. The Hall–Kier alpha value is -2.67. The van der Waals surface area contributed by atoms with Crippen LogP contribution in [0.5, 0.6) is 0 Å². The Morgan fingerprint density at radius 3 is 2.42 bits per heavy atom. The fraction of sp³-hybridized carbons (Fsp3) is 0.316. The zero-order chi connectivity index (χ0) is 24.7. The molecule has 0 aliphatic rings. The van der Waals surface area contributed by atoms with Gasteiger partial charge < -0.3 is 5.32 Å². The Morgan fingerprint density at radius 1 is 1.21 bits per heavy atom. The Balaban J connectivity index is 2.06. The van der Waals surface area contributed by atoms with Gasteiger partial charge >= 0.3 is 12.4 Å². The van der Waals surface area contributed by atoms with E-state index in [0.717, 1.165) is 28.8 Å². The van der Waals surface area contributed by atoms with E-state index < -0.39 is 41.0 Å². The minimum absolute atomic E-state index is 0.0345. The van der Waals surface area contributed by atoms with Gasteiger partial charge in [-0.05, 0) is 30.2 Å². The second-order valence-electron chi connectivity index (χ2n) is 7.17. The van der Waals surface area contributed by atoms with Gasteiger partial charge in [0, 0.05) is 11.6 Å². The maximum Gasteiger partial charge on any atom is 0.445 e. The first kappa shape index (κ1) is 25.0. The number of nitrogens with zero attached hydrogens (tertiary/aromatic N) is 3. The molecule has 0 bridgehead atoms. The Labute approximate surface area is 190 Å². The molecule has 178 valence electrons. The fourth-order valence-corrected chi connectivity index (χ4v) is 3.92. The lowest BCUT2D eigenvalue weighted by Gasteiger charge is -2.24. The van der Waals surface area contributed by atoms with Crippen molar-refractivity contribution < 1.29 is 35.5 Å². The summed E-state index contributed by atoms with van der Waals surface area (Å²) in [4.78, 5) is 16.0. The highest BCUT2D eigenvalue weighted by Crippen LogP contribution is 2.37. The van der Waals surface area contributed by atoms with Gasteiger partial charge in [0.1, 0.15) is 17.6 Å². The zero-order valence-electron chi connectivity index (χ0n) is 16.7. The van der Waals surface area contributed by atoms with Crippen LogP contribution in [0.2, 0.25) is 5.02 Å². The number of aromatic nitrogens is 3. The predicted molar refractivity (Wildman–Crippen MR) is 108 cm³/mol. The molecule has 1 amide bonds. The van der Waals surface area contributed by atoms with Gasteiger partial charge in [-0.15, -0.1) is 5.10 Å². The van der Waals surface area contributed by atoms with E-state index in [0.29, 0.717) is 0 Å². The molecule has 3 rings (SSSR count). The van der Waals surface area contributed by atoms with Gasteiger partial charge in [0.05, 0.1) is 10.7 Å². The molecule has 1 atom stereocenters. The van der Waals surface area contributed by atoms with Crippen LogP contribution in [0.3, 0.4) is 0 Å². The molecule has 1 N–H and O–H groups in total. The van der Waals surface area contributed by atoms with Gasteiger partial charge in [-0.3, -0.25) is 4.79 Å². The molecule has 0 aliphatic carbocycles. The van der Waals surface area contributed by atoms with Crippen molar-refractivity contribution in [2.45, 2.75) is 32.2 Å². The maximum atomic E-state index is 13.4. The van der Waals surface area contributed by atoms with Crippen LogP contribution in [-0.4, -0.2) is 32.7 Å². The lowest BCUT2D eigenvalue weighted by molar-refractivity contribution is -0.168. The Kier molecular flexibility index (Phi) is 6.76. The summed E-state index contributed by atoms with van der Waals surface area (Å²) < 4.78 is 92.8. The molecule has 0 aliphatic heterocycles.